The predicted molar refractivity (Wildman–Crippen MR) is 88.6 cm³/mol. The summed E-state index contributed by atoms with van der Waals surface area (Å²) in [6.45, 7) is 0.698. The first kappa shape index (κ1) is 15.0. The van der Waals surface area contributed by atoms with Gasteiger partial charge in [-0.15, -0.1) is 0 Å². The van der Waals surface area contributed by atoms with E-state index in [0.29, 0.717) is 17.8 Å². The Hall–Kier alpha value is -2.87. The highest BCUT2D eigenvalue weighted by Gasteiger charge is 2.07. The van der Waals surface area contributed by atoms with Crippen molar-refractivity contribution in [3.05, 3.63) is 59.7 Å². The predicted octanol–water partition coefficient (Wildman–Crippen LogP) is 3.63. The van der Waals surface area contributed by atoms with Crippen molar-refractivity contribution in [2.24, 2.45) is 7.05 Å². The highest BCUT2D eigenvalue weighted by Crippen LogP contribution is 2.17. The van der Waals surface area contributed by atoms with Gasteiger partial charge in [0.2, 0.25) is 0 Å². The summed E-state index contributed by atoms with van der Waals surface area (Å²) in [4.78, 5) is 4.64. The minimum atomic E-state index is -0.396. The minimum Gasteiger partial charge on any atom is -0.384 e. The molecule has 0 unspecified atom stereocenters. The van der Waals surface area contributed by atoms with Crippen LogP contribution in [-0.4, -0.2) is 16.1 Å². The third kappa shape index (κ3) is 3.16. The Kier molecular flexibility index (Phi) is 4.24. The summed E-state index contributed by atoms with van der Waals surface area (Å²) in [5, 5.41) is 12.2. The molecule has 5 heteroatoms. The lowest BCUT2D eigenvalue weighted by Gasteiger charge is -2.08. The molecule has 0 bridgehead atoms. The number of imidazole rings is 1. The second kappa shape index (κ2) is 6.49. The second-order valence-electron chi connectivity index (χ2n) is 5.41. The number of anilines is 1. The molecule has 0 saturated heterocycles. The van der Waals surface area contributed by atoms with Gasteiger partial charge in [-0.3, -0.25) is 0 Å². The zero-order valence-corrected chi connectivity index (χ0v) is 12.9. The van der Waals surface area contributed by atoms with Crippen molar-refractivity contribution in [3.8, 4) is 6.07 Å². The zero-order chi connectivity index (χ0) is 16.2. The van der Waals surface area contributed by atoms with Crippen LogP contribution < -0.4 is 5.32 Å². The Morgan fingerprint density at radius 1 is 1.26 bits per heavy atom. The Labute approximate surface area is 134 Å². The fraction of sp³-hybridized carbons (Fsp3) is 0.222. The summed E-state index contributed by atoms with van der Waals surface area (Å²) in [6.07, 6.45) is 1.71. The van der Waals surface area contributed by atoms with Crippen molar-refractivity contribution in [2.45, 2.75) is 12.8 Å². The molecule has 0 atom stereocenters. The highest BCUT2D eigenvalue weighted by atomic mass is 19.1. The van der Waals surface area contributed by atoms with Crippen LogP contribution in [0, 0.1) is 17.1 Å². The van der Waals surface area contributed by atoms with Gasteiger partial charge in [-0.2, -0.15) is 5.26 Å². The van der Waals surface area contributed by atoms with Gasteiger partial charge < -0.3 is 9.88 Å². The molecule has 0 spiro atoms. The maximum Gasteiger partial charge on any atom is 0.124 e. The number of aromatic nitrogens is 2. The Balaban J connectivity index is 1.61. The monoisotopic (exact) mass is 308 g/mol. The number of aryl methyl sites for hydroxylation is 2. The second-order valence-corrected chi connectivity index (χ2v) is 5.41. The minimum absolute atomic E-state index is 0.327. The standard InChI is InChI=1S/C18H17FN4/c1-23-17-6-3-2-5-16(17)22-18(23)7-4-10-21-15-9-8-14(19)11-13(15)12-20/h2-3,5-6,8-9,11,21H,4,7,10H2,1H3. The third-order valence-electron chi connectivity index (χ3n) is 3.87. The summed E-state index contributed by atoms with van der Waals surface area (Å²) < 4.78 is 15.2. The molecule has 2 aromatic carbocycles. The number of rotatable bonds is 5. The van der Waals surface area contributed by atoms with Crippen LogP contribution in [0.15, 0.2) is 42.5 Å². The van der Waals surface area contributed by atoms with Crippen molar-refractivity contribution in [1.29, 1.82) is 5.26 Å². The van der Waals surface area contributed by atoms with E-state index in [4.69, 9.17) is 5.26 Å². The smallest absolute Gasteiger partial charge is 0.124 e. The summed E-state index contributed by atoms with van der Waals surface area (Å²) >= 11 is 0. The van der Waals surface area contributed by atoms with Gasteiger partial charge >= 0.3 is 0 Å². The van der Waals surface area contributed by atoms with E-state index in [9.17, 15) is 4.39 Å². The van der Waals surface area contributed by atoms with Gasteiger partial charge in [-0.1, -0.05) is 12.1 Å². The van der Waals surface area contributed by atoms with Crippen molar-refractivity contribution < 1.29 is 4.39 Å². The van der Waals surface area contributed by atoms with Crippen LogP contribution in [0.5, 0.6) is 0 Å². The molecular formula is C18H17FN4. The van der Waals surface area contributed by atoms with Crippen molar-refractivity contribution in [3.63, 3.8) is 0 Å². The lowest BCUT2D eigenvalue weighted by atomic mass is 10.2. The van der Waals surface area contributed by atoms with Gasteiger partial charge in [0, 0.05) is 20.0 Å². The zero-order valence-electron chi connectivity index (χ0n) is 12.9. The van der Waals surface area contributed by atoms with Gasteiger partial charge in [-0.05, 0) is 36.8 Å². The van der Waals surface area contributed by atoms with E-state index in [2.05, 4.69) is 20.9 Å². The third-order valence-corrected chi connectivity index (χ3v) is 3.87. The molecule has 3 rings (SSSR count). The quantitative estimate of drug-likeness (QED) is 0.732. The molecule has 0 fully saturated rings. The number of para-hydroxylation sites is 2. The van der Waals surface area contributed by atoms with Crippen LogP contribution in [-0.2, 0) is 13.5 Å². The van der Waals surface area contributed by atoms with Crippen molar-refractivity contribution in [2.75, 3.05) is 11.9 Å². The van der Waals surface area contributed by atoms with E-state index >= 15 is 0 Å². The fourth-order valence-electron chi connectivity index (χ4n) is 2.65. The Morgan fingerprint density at radius 2 is 2.09 bits per heavy atom. The maximum absolute atomic E-state index is 13.1. The van der Waals surface area contributed by atoms with Crippen LogP contribution in [0.25, 0.3) is 11.0 Å². The maximum atomic E-state index is 13.1. The number of benzene rings is 2. The highest BCUT2D eigenvalue weighted by molar-refractivity contribution is 5.75. The Bertz CT molecular complexity index is 876. The fourth-order valence-corrected chi connectivity index (χ4v) is 2.65. The molecule has 0 radical (unpaired) electrons. The molecule has 0 saturated carbocycles. The molecule has 23 heavy (non-hydrogen) atoms. The SMILES string of the molecule is Cn1c(CCCNc2ccc(F)cc2C#N)nc2ccccc21. The molecular weight excluding hydrogens is 291 g/mol. The topological polar surface area (TPSA) is 53.6 Å². The van der Waals surface area contributed by atoms with Crippen LogP contribution in [0.2, 0.25) is 0 Å². The van der Waals surface area contributed by atoms with Crippen LogP contribution in [0.3, 0.4) is 0 Å². The van der Waals surface area contributed by atoms with E-state index in [0.717, 1.165) is 29.7 Å². The van der Waals surface area contributed by atoms with Gasteiger partial charge in [0.15, 0.2) is 0 Å². The lowest BCUT2D eigenvalue weighted by Crippen LogP contribution is -2.07. The van der Waals surface area contributed by atoms with E-state index in [-0.39, 0.29) is 0 Å². The summed E-state index contributed by atoms with van der Waals surface area (Å²) in [7, 11) is 2.02. The first-order chi connectivity index (χ1) is 11.2. The van der Waals surface area contributed by atoms with Crippen LogP contribution in [0.4, 0.5) is 10.1 Å². The molecule has 1 heterocycles. The van der Waals surface area contributed by atoms with Crippen LogP contribution in [0.1, 0.15) is 17.8 Å². The van der Waals surface area contributed by atoms with E-state index in [1.165, 1.54) is 12.1 Å². The number of fused-ring (bicyclic) bond motifs is 1. The molecule has 1 aromatic heterocycles. The average Bonchev–Trinajstić information content (AvgIpc) is 2.89. The van der Waals surface area contributed by atoms with Gasteiger partial charge in [0.05, 0.1) is 22.3 Å². The molecule has 0 aliphatic carbocycles. The van der Waals surface area contributed by atoms with E-state index < -0.39 is 5.82 Å². The van der Waals surface area contributed by atoms with Crippen LogP contribution >= 0.6 is 0 Å². The number of hydrogen-bond acceptors (Lipinski definition) is 3. The molecule has 0 aliphatic rings. The van der Waals surface area contributed by atoms with Gasteiger partial charge in [-0.25, -0.2) is 9.37 Å². The van der Waals surface area contributed by atoms with Gasteiger partial charge in [0.25, 0.3) is 0 Å². The molecule has 0 aliphatic heterocycles. The molecule has 4 nitrogen and oxygen atoms in total. The summed E-state index contributed by atoms with van der Waals surface area (Å²) in [5.41, 5.74) is 3.12. The molecule has 0 amide bonds. The average molecular weight is 308 g/mol. The first-order valence-corrected chi connectivity index (χ1v) is 7.53. The van der Waals surface area contributed by atoms with Crippen molar-refractivity contribution >= 4 is 16.7 Å². The largest absolute Gasteiger partial charge is 0.384 e. The van der Waals surface area contributed by atoms with E-state index in [1.54, 1.807) is 6.07 Å². The lowest BCUT2D eigenvalue weighted by molar-refractivity contribution is 0.627. The summed E-state index contributed by atoms with van der Waals surface area (Å²) in [6, 6.07) is 14.3. The normalized spacial score (nSPS) is 10.7. The summed E-state index contributed by atoms with van der Waals surface area (Å²) in [5.74, 6) is 0.638. The molecule has 3 aromatic rings. The number of nitrogens with one attached hydrogen (secondary N) is 1. The number of hydrogen-bond donors (Lipinski definition) is 1. The Morgan fingerprint density at radius 3 is 2.87 bits per heavy atom. The molecule has 1 N–H and O–H groups in total. The molecule has 116 valence electrons. The number of nitriles is 1. The van der Waals surface area contributed by atoms with Gasteiger partial charge in [0.1, 0.15) is 17.7 Å². The number of halogens is 1. The van der Waals surface area contributed by atoms with Crippen molar-refractivity contribution in [1.82, 2.24) is 9.55 Å². The first-order valence-electron chi connectivity index (χ1n) is 7.53. The van der Waals surface area contributed by atoms with E-state index in [1.807, 2.05) is 31.3 Å². The number of nitrogens with zero attached hydrogens (tertiary/aromatic N) is 3.